The van der Waals surface area contributed by atoms with Crippen molar-refractivity contribution in [3.8, 4) is 44.5 Å². The van der Waals surface area contributed by atoms with Crippen molar-refractivity contribution in [3.05, 3.63) is 218 Å². The van der Waals surface area contributed by atoms with E-state index < -0.39 is 0 Å². The lowest BCUT2D eigenvalue weighted by Crippen LogP contribution is -1.96. The zero-order valence-electron chi connectivity index (χ0n) is 34.6. The smallest absolute Gasteiger partial charge is 0.143 e. The van der Waals surface area contributed by atoms with Crippen molar-refractivity contribution in [2.75, 3.05) is 0 Å². The molecule has 0 saturated heterocycles. The SMILES string of the molecule is c1cc(-c2cccc3c2oc2ccccc23)c(-c2c3ccccc3c(-c3cccc4c5ccccc5c5ccccc5c34)c3ccccc23)c(-c2cccc3c2oc2ccccc23)c1. The van der Waals surface area contributed by atoms with Crippen LogP contribution in [0, 0.1) is 0 Å². The normalized spacial score (nSPS) is 12.1. The van der Waals surface area contributed by atoms with Gasteiger partial charge in [-0.3, -0.25) is 0 Å². The van der Waals surface area contributed by atoms with Gasteiger partial charge in [-0.05, 0) is 99.4 Å². The Morgan fingerprint density at radius 2 is 0.500 bits per heavy atom. The lowest BCUT2D eigenvalue weighted by molar-refractivity contribution is 0.670. The molecule has 2 nitrogen and oxygen atoms in total. The van der Waals surface area contributed by atoms with Crippen molar-refractivity contribution < 1.29 is 8.83 Å². The van der Waals surface area contributed by atoms with Crippen molar-refractivity contribution in [2.24, 2.45) is 0 Å². The van der Waals surface area contributed by atoms with Crippen LogP contribution >= 0.6 is 0 Å². The molecule has 2 heteroatoms. The van der Waals surface area contributed by atoms with E-state index in [2.05, 4.69) is 206 Å². The Balaban J connectivity index is 1.16. The highest BCUT2D eigenvalue weighted by Crippen LogP contribution is 2.53. The van der Waals surface area contributed by atoms with Crippen LogP contribution in [-0.2, 0) is 0 Å². The second-order valence-electron chi connectivity index (χ2n) is 16.9. The first kappa shape index (κ1) is 35.2. The first-order valence-corrected chi connectivity index (χ1v) is 22.0. The fourth-order valence-electron chi connectivity index (χ4n) is 11.0. The molecular weight excluding hydrogens is 777 g/mol. The second kappa shape index (κ2) is 13.5. The minimum absolute atomic E-state index is 0.879. The van der Waals surface area contributed by atoms with Gasteiger partial charge >= 0.3 is 0 Å². The van der Waals surface area contributed by atoms with Crippen molar-refractivity contribution in [1.29, 1.82) is 0 Å². The first-order chi connectivity index (χ1) is 31.8. The molecule has 0 aliphatic carbocycles. The molecule has 2 aromatic heterocycles. The largest absolute Gasteiger partial charge is 0.455 e. The van der Waals surface area contributed by atoms with Gasteiger partial charge in [0, 0.05) is 32.7 Å². The Morgan fingerprint density at radius 3 is 0.984 bits per heavy atom. The number of para-hydroxylation sites is 4. The van der Waals surface area contributed by atoms with Crippen molar-refractivity contribution in [1.82, 2.24) is 0 Å². The summed E-state index contributed by atoms with van der Waals surface area (Å²) in [6, 6.07) is 79.3. The maximum absolute atomic E-state index is 6.82. The van der Waals surface area contributed by atoms with E-state index in [-0.39, 0.29) is 0 Å². The lowest BCUT2D eigenvalue weighted by Gasteiger charge is -2.23. The molecule has 0 aliphatic rings. The predicted molar refractivity (Wildman–Crippen MR) is 270 cm³/mol. The fraction of sp³-hybridized carbons (Fsp3) is 0. The molecule has 0 fully saturated rings. The molecule has 0 amide bonds. The Labute approximate surface area is 367 Å². The highest BCUT2D eigenvalue weighted by atomic mass is 16.3. The van der Waals surface area contributed by atoms with E-state index in [4.69, 9.17) is 8.83 Å². The molecule has 0 N–H and O–H groups in total. The standard InChI is InChI=1S/C62H36O2/c1-2-18-39-37(17-1)38-19-3-4-22-42(38)57-43(39)27-14-34-54(57)58-44-23-5-7-25-46(44)59(47-26-8-6-24-45(47)58)60-48(52-32-15-30-50-40-20-9-11-35-55(40)63-61(50)52)28-13-29-49(60)53-33-16-31-51-41-21-10-12-36-56(41)64-62(51)53/h1-36H. The molecule has 296 valence electrons. The molecule has 0 spiro atoms. The Kier molecular flexibility index (Phi) is 7.43. The maximum atomic E-state index is 6.82. The minimum atomic E-state index is 0.879. The highest BCUT2D eigenvalue weighted by molar-refractivity contribution is 6.32. The van der Waals surface area contributed by atoms with Gasteiger partial charge in [-0.2, -0.15) is 0 Å². The molecule has 0 atom stereocenters. The summed E-state index contributed by atoms with van der Waals surface area (Å²) >= 11 is 0. The summed E-state index contributed by atoms with van der Waals surface area (Å²) in [5.41, 5.74) is 12.6. The lowest BCUT2D eigenvalue weighted by atomic mass is 9.79. The van der Waals surface area contributed by atoms with Crippen LogP contribution in [0.1, 0.15) is 0 Å². The highest BCUT2D eigenvalue weighted by Gasteiger charge is 2.26. The van der Waals surface area contributed by atoms with Gasteiger partial charge in [0.15, 0.2) is 0 Å². The topological polar surface area (TPSA) is 26.3 Å². The number of furan rings is 2. The van der Waals surface area contributed by atoms with E-state index in [0.717, 1.165) is 71.7 Å². The van der Waals surface area contributed by atoms with Crippen LogP contribution in [0.4, 0.5) is 0 Å². The third kappa shape index (κ3) is 4.91. The molecular formula is C62H36O2. The molecule has 0 bridgehead atoms. The molecule has 0 radical (unpaired) electrons. The third-order valence-corrected chi connectivity index (χ3v) is 13.7. The Morgan fingerprint density at radius 1 is 0.188 bits per heavy atom. The van der Waals surface area contributed by atoms with Gasteiger partial charge in [-0.25, -0.2) is 0 Å². The van der Waals surface area contributed by atoms with Gasteiger partial charge < -0.3 is 8.83 Å². The number of hydrogen-bond donors (Lipinski definition) is 0. The number of benzene rings is 12. The number of hydrogen-bond acceptors (Lipinski definition) is 2. The van der Waals surface area contributed by atoms with E-state index in [1.807, 2.05) is 12.1 Å². The average Bonchev–Trinajstić information content (AvgIpc) is 3.94. The summed E-state index contributed by atoms with van der Waals surface area (Å²) in [5.74, 6) is 0. The molecule has 12 aromatic carbocycles. The Bertz CT molecular complexity index is 4020. The van der Waals surface area contributed by atoms with Crippen molar-refractivity contribution in [2.45, 2.75) is 0 Å². The van der Waals surface area contributed by atoms with Gasteiger partial charge in [0.2, 0.25) is 0 Å². The molecule has 0 unspecified atom stereocenters. The van der Waals surface area contributed by atoms with Crippen LogP contribution in [0.2, 0.25) is 0 Å². The van der Waals surface area contributed by atoms with Gasteiger partial charge in [0.1, 0.15) is 22.3 Å². The average molecular weight is 813 g/mol. The minimum Gasteiger partial charge on any atom is -0.455 e. The van der Waals surface area contributed by atoms with E-state index in [1.165, 1.54) is 70.6 Å². The summed E-state index contributed by atoms with van der Waals surface area (Å²) in [4.78, 5) is 0. The van der Waals surface area contributed by atoms with Crippen molar-refractivity contribution in [3.63, 3.8) is 0 Å². The summed E-state index contributed by atoms with van der Waals surface area (Å²) in [5, 5.41) is 16.8. The van der Waals surface area contributed by atoms with Crippen LogP contribution < -0.4 is 0 Å². The molecule has 0 saturated carbocycles. The second-order valence-corrected chi connectivity index (χ2v) is 16.9. The number of rotatable bonds is 4. The van der Waals surface area contributed by atoms with Crippen LogP contribution in [0.25, 0.3) is 142 Å². The molecule has 64 heavy (non-hydrogen) atoms. The monoisotopic (exact) mass is 812 g/mol. The van der Waals surface area contributed by atoms with E-state index in [9.17, 15) is 0 Å². The Hall–Kier alpha value is -8.46. The van der Waals surface area contributed by atoms with Crippen LogP contribution in [0.15, 0.2) is 227 Å². The zero-order valence-corrected chi connectivity index (χ0v) is 34.6. The molecule has 0 aliphatic heterocycles. The van der Waals surface area contributed by atoms with Gasteiger partial charge in [-0.1, -0.05) is 206 Å². The third-order valence-electron chi connectivity index (χ3n) is 13.7. The van der Waals surface area contributed by atoms with Crippen LogP contribution in [-0.4, -0.2) is 0 Å². The van der Waals surface area contributed by atoms with Crippen LogP contribution in [0.5, 0.6) is 0 Å². The summed E-state index contributed by atoms with van der Waals surface area (Å²) in [6.07, 6.45) is 0. The van der Waals surface area contributed by atoms with Gasteiger partial charge in [-0.15, -0.1) is 0 Å². The van der Waals surface area contributed by atoms with E-state index >= 15 is 0 Å². The summed E-state index contributed by atoms with van der Waals surface area (Å²) in [6.45, 7) is 0. The van der Waals surface area contributed by atoms with Crippen molar-refractivity contribution >= 4 is 97.7 Å². The number of fused-ring (bicyclic) bond motifs is 14. The summed E-state index contributed by atoms with van der Waals surface area (Å²) < 4.78 is 13.6. The van der Waals surface area contributed by atoms with Crippen LogP contribution in [0.3, 0.4) is 0 Å². The first-order valence-electron chi connectivity index (χ1n) is 22.0. The maximum Gasteiger partial charge on any atom is 0.143 e. The van der Waals surface area contributed by atoms with Gasteiger partial charge in [0.05, 0.1) is 0 Å². The summed E-state index contributed by atoms with van der Waals surface area (Å²) in [7, 11) is 0. The quantitative estimate of drug-likeness (QED) is 0.131. The molecule has 14 rings (SSSR count). The van der Waals surface area contributed by atoms with E-state index in [1.54, 1.807) is 0 Å². The van der Waals surface area contributed by atoms with E-state index in [0.29, 0.717) is 0 Å². The molecule has 2 heterocycles. The predicted octanol–water partition coefficient (Wildman–Crippen LogP) is 17.9. The van der Waals surface area contributed by atoms with Gasteiger partial charge in [0.25, 0.3) is 0 Å². The fourth-order valence-corrected chi connectivity index (χ4v) is 11.0. The zero-order chi connectivity index (χ0) is 41.9. The molecule has 14 aromatic rings.